The number of carbonyl (C=O) groups is 1. The number of nitrogens with one attached hydrogen (secondary N) is 1. The third kappa shape index (κ3) is 4.35. The number of carbonyl (C=O) groups excluding carboxylic acids is 1. The fraction of sp³-hybridized carbons (Fsp3) is 0.261. The molecule has 3 aromatic rings. The molecule has 5 nitrogen and oxygen atoms in total. The number of rotatable bonds is 5. The van der Waals surface area contributed by atoms with Crippen LogP contribution in [-0.4, -0.2) is 44.0 Å². The first-order chi connectivity index (χ1) is 14.4. The topological polar surface area (TPSA) is 48.7 Å². The van der Waals surface area contributed by atoms with Gasteiger partial charge in [0.05, 0.1) is 5.56 Å². The highest BCUT2D eigenvalue weighted by molar-refractivity contribution is 6.30. The van der Waals surface area contributed by atoms with E-state index in [-0.39, 0.29) is 17.1 Å². The van der Waals surface area contributed by atoms with Crippen molar-refractivity contribution in [2.45, 2.75) is 12.5 Å². The minimum Gasteiger partial charge on any atom is -0.451 e. The van der Waals surface area contributed by atoms with E-state index < -0.39 is 11.7 Å². The van der Waals surface area contributed by atoms with Gasteiger partial charge in [-0.1, -0.05) is 11.6 Å². The molecule has 1 N–H and O–H groups in total. The summed E-state index contributed by atoms with van der Waals surface area (Å²) in [6.45, 7) is 2.01. The fourth-order valence-corrected chi connectivity index (χ4v) is 3.80. The first-order valence-corrected chi connectivity index (χ1v) is 10.2. The molecular weight excluding hydrogens is 405 g/mol. The van der Waals surface area contributed by atoms with Gasteiger partial charge in [0.25, 0.3) is 5.91 Å². The number of furan rings is 1. The zero-order chi connectivity index (χ0) is 21.3. The molecule has 1 amide bonds. The molecule has 1 atom stereocenters. The van der Waals surface area contributed by atoms with Crippen molar-refractivity contribution in [1.82, 2.24) is 4.90 Å². The summed E-state index contributed by atoms with van der Waals surface area (Å²) in [5.41, 5.74) is 2.06. The highest BCUT2D eigenvalue weighted by atomic mass is 35.5. The molecule has 0 bridgehead atoms. The van der Waals surface area contributed by atoms with Gasteiger partial charge < -0.3 is 19.5 Å². The van der Waals surface area contributed by atoms with Crippen LogP contribution in [0.2, 0.25) is 5.02 Å². The van der Waals surface area contributed by atoms with Crippen LogP contribution in [0.4, 0.5) is 15.8 Å². The van der Waals surface area contributed by atoms with Gasteiger partial charge in [-0.3, -0.25) is 4.79 Å². The second-order valence-electron chi connectivity index (χ2n) is 7.64. The summed E-state index contributed by atoms with van der Waals surface area (Å²) in [6, 6.07) is 15.7. The predicted octanol–water partition coefficient (Wildman–Crippen LogP) is 5.13. The molecule has 1 aliphatic rings. The number of benzene rings is 2. The number of amides is 1. The van der Waals surface area contributed by atoms with Crippen molar-refractivity contribution in [2.24, 2.45) is 0 Å². The largest absolute Gasteiger partial charge is 0.451 e. The number of hydrogen-bond donors (Lipinski definition) is 1. The monoisotopic (exact) mass is 427 g/mol. The molecule has 2 heterocycles. The normalized spacial score (nSPS) is 16.3. The summed E-state index contributed by atoms with van der Waals surface area (Å²) in [5, 5.41) is 3.12. The molecule has 4 rings (SSSR count). The summed E-state index contributed by atoms with van der Waals surface area (Å²) in [7, 11) is 4.21. The van der Waals surface area contributed by atoms with Crippen molar-refractivity contribution >= 4 is 28.9 Å². The first-order valence-electron chi connectivity index (χ1n) is 9.79. The standard InChI is InChI=1S/C23H23ClFN3O2/c1-27(2)18-11-12-28(14-18)17-6-4-16(5-7-17)26-23(29)22-10-9-21(30-22)19-8-3-15(24)13-20(19)25/h3-10,13,18H,11-12,14H2,1-2H3,(H,26,29). The summed E-state index contributed by atoms with van der Waals surface area (Å²) in [6.07, 6.45) is 1.14. The van der Waals surface area contributed by atoms with Crippen LogP contribution in [0, 0.1) is 5.82 Å². The zero-order valence-electron chi connectivity index (χ0n) is 16.9. The third-order valence-corrected chi connectivity index (χ3v) is 5.65. The minimum absolute atomic E-state index is 0.108. The van der Waals surface area contributed by atoms with Gasteiger partial charge in [-0.05, 0) is 75.1 Å². The van der Waals surface area contributed by atoms with Crippen LogP contribution in [-0.2, 0) is 0 Å². The van der Waals surface area contributed by atoms with E-state index in [0.29, 0.717) is 16.8 Å². The Bertz CT molecular complexity index is 1050. The lowest BCUT2D eigenvalue weighted by atomic mass is 10.1. The molecule has 1 unspecified atom stereocenters. The number of hydrogen-bond acceptors (Lipinski definition) is 4. The lowest BCUT2D eigenvalue weighted by molar-refractivity contribution is 0.0997. The van der Waals surface area contributed by atoms with E-state index >= 15 is 0 Å². The van der Waals surface area contributed by atoms with Crippen molar-refractivity contribution in [3.05, 3.63) is 71.2 Å². The van der Waals surface area contributed by atoms with Crippen molar-refractivity contribution in [3.8, 4) is 11.3 Å². The Labute approximate surface area is 180 Å². The SMILES string of the molecule is CN(C)C1CCN(c2ccc(NC(=O)c3ccc(-c4ccc(Cl)cc4F)o3)cc2)C1. The van der Waals surface area contributed by atoms with Crippen LogP contribution >= 0.6 is 11.6 Å². The zero-order valence-corrected chi connectivity index (χ0v) is 17.6. The average molecular weight is 428 g/mol. The molecule has 0 saturated carbocycles. The van der Waals surface area contributed by atoms with Crippen LogP contribution in [0.1, 0.15) is 17.0 Å². The molecule has 0 spiro atoms. The van der Waals surface area contributed by atoms with E-state index in [9.17, 15) is 9.18 Å². The van der Waals surface area contributed by atoms with Gasteiger partial charge in [0.1, 0.15) is 11.6 Å². The lowest BCUT2D eigenvalue weighted by Crippen LogP contribution is -2.31. The summed E-state index contributed by atoms with van der Waals surface area (Å²) in [5.74, 6) is -0.513. The van der Waals surface area contributed by atoms with Gasteiger partial charge in [0.2, 0.25) is 0 Å². The van der Waals surface area contributed by atoms with Crippen molar-refractivity contribution in [3.63, 3.8) is 0 Å². The second-order valence-corrected chi connectivity index (χ2v) is 8.08. The van der Waals surface area contributed by atoms with Crippen molar-refractivity contribution in [2.75, 3.05) is 37.4 Å². The van der Waals surface area contributed by atoms with E-state index in [1.807, 2.05) is 24.3 Å². The maximum Gasteiger partial charge on any atom is 0.291 e. The molecular formula is C23H23ClFN3O2. The van der Waals surface area contributed by atoms with Gasteiger partial charge in [-0.2, -0.15) is 0 Å². The third-order valence-electron chi connectivity index (χ3n) is 5.41. The highest BCUT2D eigenvalue weighted by Gasteiger charge is 2.24. The van der Waals surface area contributed by atoms with E-state index in [1.165, 1.54) is 18.2 Å². The summed E-state index contributed by atoms with van der Waals surface area (Å²) >= 11 is 5.78. The van der Waals surface area contributed by atoms with E-state index in [1.54, 1.807) is 12.1 Å². The minimum atomic E-state index is -0.502. The number of nitrogens with zero attached hydrogens (tertiary/aromatic N) is 2. The van der Waals surface area contributed by atoms with Gasteiger partial charge in [0, 0.05) is 35.5 Å². The maximum atomic E-state index is 14.1. The van der Waals surface area contributed by atoms with Crippen molar-refractivity contribution in [1.29, 1.82) is 0 Å². The molecule has 156 valence electrons. The van der Waals surface area contributed by atoms with Gasteiger partial charge in [0.15, 0.2) is 5.76 Å². The van der Waals surface area contributed by atoms with Crippen LogP contribution in [0.3, 0.4) is 0 Å². The molecule has 1 aromatic heterocycles. The Hall–Kier alpha value is -2.83. The van der Waals surface area contributed by atoms with Gasteiger partial charge in [-0.25, -0.2) is 4.39 Å². The quantitative estimate of drug-likeness (QED) is 0.613. The smallest absolute Gasteiger partial charge is 0.291 e. The Morgan fingerprint density at radius 3 is 2.60 bits per heavy atom. The molecule has 1 fully saturated rings. The Morgan fingerprint density at radius 2 is 1.93 bits per heavy atom. The predicted molar refractivity (Wildman–Crippen MR) is 118 cm³/mol. The van der Waals surface area contributed by atoms with Gasteiger partial charge >= 0.3 is 0 Å². The number of halogens is 2. The van der Waals surface area contributed by atoms with Crippen LogP contribution < -0.4 is 10.2 Å². The average Bonchev–Trinajstić information content (AvgIpc) is 3.39. The second kappa shape index (κ2) is 8.50. The molecule has 1 aliphatic heterocycles. The number of likely N-dealkylation sites (N-methyl/N-ethyl adjacent to an activating group) is 1. The van der Waals surface area contributed by atoms with E-state index in [0.717, 1.165) is 25.2 Å². The van der Waals surface area contributed by atoms with E-state index in [4.69, 9.17) is 16.0 Å². The lowest BCUT2D eigenvalue weighted by Gasteiger charge is -2.22. The Balaban J connectivity index is 1.41. The molecule has 1 saturated heterocycles. The van der Waals surface area contributed by atoms with Gasteiger partial charge in [-0.15, -0.1) is 0 Å². The molecule has 7 heteroatoms. The Morgan fingerprint density at radius 1 is 1.17 bits per heavy atom. The molecule has 0 aliphatic carbocycles. The molecule has 30 heavy (non-hydrogen) atoms. The highest BCUT2D eigenvalue weighted by Crippen LogP contribution is 2.28. The summed E-state index contributed by atoms with van der Waals surface area (Å²) in [4.78, 5) is 17.1. The summed E-state index contributed by atoms with van der Waals surface area (Å²) < 4.78 is 19.6. The fourth-order valence-electron chi connectivity index (χ4n) is 3.64. The van der Waals surface area contributed by atoms with Crippen molar-refractivity contribution < 1.29 is 13.6 Å². The first kappa shape index (κ1) is 20.4. The number of anilines is 2. The maximum absolute atomic E-state index is 14.1. The molecule has 0 radical (unpaired) electrons. The van der Waals surface area contributed by atoms with E-state index in [2.05, 4.69) is 29.2 Å². The Kier molecular flexibility index (Phi) is 5.79. The van der Waals surface area contributed by atoms with Crippen LogP contribution in [0.15, 0.2) is 59.0 Å². The van der Waals surface area contributed by atoms with Crippen LogP contribution in [0.5, 0.6) is 0 Å². The van der Waals surface area contributed by atoms with Crippen LogP contribution in [0.25, 0.3) is 11.3 Å². The molecule has 2 aromatic carbocycles.